The molecule has 1 amide bonds. The normalized spacial score (nSPS) is 17.5. The fourth-order valence-electron chi connectivity index (χ4n) is 2.48. The molecule has 1 unspecified atom stereocenters. The van der Waals surface area contributed by atoms with Crippen LogP contribution in [0.3, 0.4) is 0 Å². The molecule has 1 aliphatic rings. The van der Waals surface area contributed by atoms with Gasteiger partial charge in [-0.05, 0) is 30.7 Å². The molecular weight excluding hydrogens is 296 g/mol. The van der Waals surface area contributed by atoms with Gasteiger partial charge < -0.3 is 10.2 Å². The van der Waals surface area contributed by atoms with Crippen molar-refractivity contribution >= 4 is 23.5 Å². The number of carbonyl (C=O) groups is 1. The fourth-order valence-corrected chi connectivity index (χ4v) is 3.17. The standard InChI is InChI=1S/C16H18N4OS/c21-16(12-22-14-4-8-17-9-5-14)19-13-6-10-20(11-13)15-3-1-2-7-18-15/h1-5,7-9,13H,6,10-12H2,(H,19,21). The van der Waals surface area contributed by atoms with E-state index in [4.69, 9.17) is 0 Å². The van der Waals surface area contributed by atoms with Crippen LogP contribution in [0.2, 0.25) is 0 Å². The van der Waals surface area contributed by atoms with Crippen molar-refractivity contribution in [3.63, 3.8) is 0 Å². The minimum absolute atomic E-state index is 0.0784. The first-order chi connectivity index (χ1) is 10.8. The number of amides is 1. The van der Waals surface area contributed by atoms with Gasteiger partial charge in [-0.15, -0.1) is 11.8 Å². The van der Waals surface area contributed by atoms with Gasteiger partial charge in [0.25, 0.3) is 0 Å². The number of hydrogen-bond acceptors (Lipinski definition) is 5. The number of pyridine rings is 2. The van der Waals surface area contributed by atoms with Crippen LogP contribution in [-0.4, -0.2) is 40.8 Å². The van der Waals surface area contributed by atoms with Gasteiger partial charge in [0, 0.05) is 42.6 Å². The molecule has 3 heterocycles. The van der Waals surface area contributed by atoms with Crippen LogP contribution in [0.1, 0.15) is 6.42 Å². The minimum Gasteiger partial charge on any atom is -0.354 e. The van der Waals surface area contributed by atoms with E-state index in [1.54, 1.807) is 18.6 Å². The van der Waals surface area contributed by atoms with E-state index in [0.29, 0.717) is 5.75 Å². The Morgan fingerprint density at radius 1 is 1.27 bits per heavy atom. The summed E-state index contributed by atoms with van der Waals surface area (Å²) in [4.78, 5) is 23.6. The Labute approximate surface area is 134 Å². The number of anilines is 1. The van der Waals surface area contributed by atoms with Crippen LogP contribution in [0.15, 0.2) is 53.8 Å². The van der Waals surface area contributed by atoms with Crippen LogP contribution < -0.4 is 10.2 Å². The maximum atomic E-state index is 12.0. The van der Waals surface area contributed by atoms with E-state index in [9.17, 15) is 4.79 Å². The summed E-state index contributed by atoms with van der Waals surface area (Å²) >= 11 is 1.53. The number of nitrogens with zero attached hydrogens (tertiary/aromatic N) is 3. The van der Waals surface area contributed by atoms with Crippen molar-refractivity contribution in [1.29, 1.82) is 0 Å². The number of thioether (sulfide) groups is 1. The average Bonchev–Trinajstić information content (AvgIpc) is 3.03. The zero-order valence-corrected chi connectivity index (χ0v) is 13.0. The molecule has 2 aromatic rings. The molecule has 1 fully saturated rings. The van der Waals surface area contributed by atoms with Crippen molar-refractivity contribution in [3.05, 3.63) is 48.9 Å². The summed E-state index contributed by atoms with van der Waals surface area (Å²) in [5.74, 6) is 1.49. The smallest absolute Gasteiger partial charge is 0.230 e. The molecule has 1 N–H and O–H groups in total. The molecular formula is C16H18N4OS. The maximum Gasteiger partial charge on any atom is 0.230 e. The van der Waals surface area contributed by atoms with Gasteiger partial charge in [0.05, 0.1) is 5.75 Å². The van der Waals surface area contributed by atoms with Crippen LogP contribution in [-0.2, 0) is 4.79 Å². The summed E-state index contributed by atoms with van der Waals surface area (Å²) in [6, 6.07) is 9.93. The maximum absolute atomic E-state index is 12.0. The molecule has 0 radical (unpaired) electrons. The SMILES string of the molecule is O=C(CSc1ccncc1)NC1CCN(c2ccccn2)C1. The van der Waals surface area contributed by atoms with Gasteiger partial charge in [0.2, 0.25) is 5.91 Å². The Balaban J connectivity index is 1.45. The lowest BCUT2D eigenvalue weighted by Gasteiger charge is -2.17. The van der Waals surface area contributed by atoms with E-state index in [2.05, 4.69) is 20.2 Å². The van der Waals surface area contributed by atoms with Crippen molar-refractivity contribution in [1.82, 2.24) is 15.3 Å². The zero-order chi connectivity index (χ0) is 15.2. The van der Waals surface area contributed by atoms with Gasteiger partial charge in [0.15, 0.2) is 0 Å². The number of hydrogen-bond donors (Lipinski definition) is 1. The van der Waals surface area contributed by atoms with Crippen molar-refractivity contribution < 1.29 is 4.79 Å². The number of nitrogens with one attached hydrogen (secondary N) is 1. The average molecular weight is 314 g/mol. The molecule has 0 saturated carbocycles. The number of carbonyl (C=O) groups excluding carboxylic acids is 1. The van der Waals surface area contributed by atoms with E-state index in [-0.39, 0.29) is 11.9 Å². The lowest BCUT2D eigenvalue weighted by atomic mass is 10.2. The largest absolute Gasteiger partial charge is 0.354 e. The van der Waals surface area contributed by atoms with Crippen molar-refractivity contribution in [2.45, 2.75) is 17.4 Å². The topological polar surface area (TPSA) is 58.1 Å². The molecule has 6 heteroatoms. The third-order valence-corrected chi connectivity index (χ3v) is 4.56. The minimum atomic E-state index is 0.0784. The van der Waals surface area contributed by atoms with Crippen molar-refractivity contribution in [2.75, 3.05) is 23.7 Å². The van der Waals surface area contributed by atoms with Gasteiger partial charge in [-0.1, -0.05) is 6.07 Å². The third kappa shape index (κ3) is 3.98. The first kappa shape index (κ1) is 14.8. The molecule has 5 nitrogen and oxygen atoms in total. The van der Waals surface area contributed by atoms with Crippen LogP contribution in [0, 0.1) is 0 Å². The van der Waals surface area contributed by atoms with Crippen molar-refractivity contribution in [3.8, 4) is 0 Å². The highest BCUT2D eigenvalue weighted by Crippen LogP contribution is 2.18. The predicted octanol–water partition coefficient (Wildman–Crippen LogP) is 1.96. The van der Waals surface area contributed by atoms with Gasteiger partial charge in [-0.3, -0.25) is 9.78 Å². The first-order valence-electron chi connectivity index (χ1n) is 7.29. The number of aromatic nitrogens is 2. The zero-order valence-electron chi connectivity index (χ0n) is 12.2. The lowest BCUT2D eigenvalue weighted by molar-refractivity contribution is -0.119. The molecule has 2 aromatic heterocycles. The van der Waals surface area contributed by atoms with Gasteiger partial charge >= 0.3 is 0 Å². The highest BCUT2D eigenvalue weighted by Gasteiger charge is 2.24. The molecule has 0 spiro atoms. The number of rotatable bonds is 5. The third-order valence-electron chi connectivity index (χ3n) is 3.55. The Morgan fingerprint density at radius 2 is 2.14 bits per heavy atom. The van der Waals surface area contributed by atoms with E-state index >= 15 is 0 Å². The van der Waals surface area contributed by atoms with E-state index < -0.39 is 0 Å². The van der Waals surface area contributed by atoms with Crippen LogP contribution >= 0.6 is 11.8 Å². The molecule has 1 aliphatic heterocycles. The molecule has 22 heavy (non-hydrogen) atoms. The summed E-state index contributed by atoms with van der Waals surface area (Å²) in [5.41, 5.74) is 0. The van der Waals surface area contributed by atoms with E-state index in [1.165, 1.54) is 11.8 Å². The van der Waals surface area contributed by atoms with Gasteiger partial charge in [-0.25, -0.2) is 4.98 Å². The Kier molecular flexibility index (Phi) is 4.90. The Bertz CT molecular complexity index is 608. The Hall–Kier alpha value is -2.08. The second kappa shape index (κ2) is 7.26. The lowest BCUT2D eigenvalue weighted by Crippen LogP contribution is -2.38. The summed E-state index contributed by atoms with van der Waals surface area (Å²) in [5, 5.41) is 3.10. The van der Waals surface area contributed by atoms with Gasteiger partial charge in [-0.2, -0.15) is 0 Å². The van der Waals surface area contributed by atoms with Crippen LogP contribution in [0.5, 0.6) is 0 Å². The first-order valence-corrected chi connectivity index (χ1v) is 8.28. The van der Waals surface area contributed by atoms with Gasteiger partial charge in [0.1, 0.15) is 5.82 Å². The second-order valence-corrected chi connectivity index (χ2v) is 6.21. The second-order valence-electron chi connectivity index (χ2n) is 5.16. The monoisotopic (exact) mass is 314 g/mol. The summed E-state index contributed by atoms with van der Waals surface area (Å²) in [6.45, 7) is 1.75. The molecule has 0 bridgehead atoms. The highest BCUT2D eigenvalue weighted by atomic mass is 32.2. The highest BCUT2D eigenvalue weighted by molar-refractivity contribution is 8.00. The van der Waals surface area contributed by atoms with Crippen molar-refractivity contribution in [2.24, 2.45) is 0 Å². The van der Waals surface area contributed by atoms with E-state index in [1.807, 2.05) is 30.3 Å². The summed E-state index contributed by atoms with van der Waals surface area (Å²) < 4.78 is 0. The fraction of sp³-hybridized carbons (Fsp3) is 0.312. The predicted molar refractivity (Wildman–Crippen MR) is 88.0 cm³/mol. The van der Waals surface area contributed by atoms with E-state index in [0.717, 1.165) is 30.2 Å². The summed E-state index contributed by atoms with van der Waals surface area (Å²) in [7, 11) is 0. The molecule has 114 valence electrons. The molecule has 0 aromatic carbocycles. The molecule has 1 saturated heterocycles. The quantitative estimate of drug-likeness (QED) is 0.855. The molecule has 3 rings (SSSR count). The summed E-state index contributed by atoms with van der Waals surface area (Å²) in [6.07, 6.45) is 6.23. The molecule has 0 aliphatic carbocycles. The van der Waals surface area contributed by atoms with Crippen LogP contribution in [0.4, 0.5) is 5.82 Å². The molecule has 1 atom stereocenters. The Morgan fingerprint density at radius 3 is 2.91 bits per heavy atom. The van der Waals surface area contributed by atoms with Crippen LogP contribution in [0.25, 0.3) is 0 Å².